The Balaban J connectivity index is 1.41. The van der Waals surface area contributed by atoms with Crippen LogP contribution in [0.15, 0.2) is 71.6 Å². The van der Waals surface area contributed by atoms with Crippen molar-refractivity contribution in [2.24, 2.45) is 0 Å². The van der Waals surface area contributed by atoms with Gasteiger partial charge in [0, 0.05) is 37.4 Å². The summed E-state index contributed by atoms with van der Waals surface area (Å²) in [6.45, 7) is 5.86. The summed E-state index contributed by atoms with van der Waals surface area (Å²) in [5.41, 5.74) is 4.23. The number of carbonyl (C=O) groups excluding carboxylic acids is 1. The fourth-order valence-electron chi connectivity index (χ4n) is 4.01. The number of methoxy groups -OCH3 is 1. The molecule has 0 aliphatic carbocycles. The molecule has 7 nitrogen and oxygen atoms in total. The topological polar surface area (TPSA) is 79.0 Å². The Bertz CT molecular complexity index is 1280. The number of hydrogen-bond donors (Lipinski definition) is 1. The van der Waals surface area contributed by atoms with Crippen LogP contribution in [0.3, 0.4) is 0 Å². The lowest BCUT2D eigenvalue weighted by Crippen LogP contribution is -2.48. The van der Waals surface area contributed by atoms with Crippen LogP contribution in [-0.4, -0.2) is 51.9 Å². The van der Waals surface area contributed by atoms with Crippen LogP contribution in [0.4, 0.5) is 11.4 Å². The number of rotatable bonds is 6. The van der Waals surface area contributed by atoms with E-state index in [9.17, 15) is 13.2 Å². The Kier molecular flexibility index (Phi) is 6.90. The van der Waals surface area contributed by atoms with Crippen LogP contribution in [-0.2, 0) is 10.0 Å². The maximum absolute atomic E-state index is 13.2. The number of nitrogens with zero attached hydrogens (tertiary/aromatic N) is 2. The lowest BCUT2D eigenvalue weighted by Gasteiger charge is -2.35. The highest BCUT2D eigenvalue weighted by Crippen LogP contribution is 2.29. The van der Waals surface area contributed by atoms with Gasteiger partial charge in [0.25, 0.3) is 5.91 Å². The monoisotopic (exact) mass is 479 g/mol. The summed E-state index contributed by atoms with van der Waals surface area (Å²) in [5, 5.41) is 2.83. The van der Waals surface area contributed by atoms with Gasteiger partial charge in [0.05, 0.1) is 17.7 Å². The third kappa shape index (κ3) is 4.93. The summed E-state index contributed by atoms with van der Waals surface area (Å²) >= 11 is 0. The molecule has 8 heteroatoms. The number of aryl methyl sites for hydroxylation is 2. The van der Waals surface area contributed by atoms with Gasteiger partial charge in [0.15, 0.2) is 0 Å². The average molecular weight is 480 g/mol. The highest BCUT2D eigenvalue weighted by atomic mass is 32.2. The Labute approximate surface area is 201 Å². The van der Waals surface area contributed by atoms with Gasteiger partial charge in [-0.2, -0.15) is 4.31 Å². The van der Waals surface area contributed by atoms with Gasteiger partial charge in [-0.25, -0.2) is 8.42 Å². The molecule has 1 N–H and O–H groups in total. The quantitative estimate of drug-likeness (QED) is 0.577. The smallest absolute Gasteiger partial charge is 0.255 e. The van der Waals surface area contributed by atoms with Crippen LogP contribution in [0.1, 0.15) is 21.5 Å². The van der Waals surface area contributed by atoms with Gasteiger partial charge in [0.1, 0.15) is 5.75 Å². The van der Waals surface area contributed by atoms with Crippen molar-refractivity contribution in [3.63, 3.8) is 0 Å². The number of amides is 1. The summed E-state index contributed by atoms with van der Waals surface area (Å²) < 4.78 is 33.3. The normalized spacial score (nSPS) is 14.6. The third-order valence-electron chi connectivity index (χ3n) is 6.18. The van der Waals surface area contributed by atoms with E-state index in [0.29, 0.717) is 37.4 Å². The standard InChI is InChI=1S/C26H29N3O4S/c1-19-8-9-21(18-20(19)2)26(30)27-22-10-12-23(13-11-22)34(31,32)29-16-14-28(15-17-29)24-6-4-5-7-25(24)33-3/h4-13,18H,14-17H2,1-3H3,(H,27,30). The molecule has 0 bridgehead atoms. The second kappa shape index (κ2) is 9.87. The molecule has 34 heavy (non-hydrogen) atoms. The van der Waals surface area contributed by atoms with E-state index in [4.69, 9.17) is 4.74 Å². The van der Waals surface area contributed by atoms with Crippen molar-refractivity contribution < 1.29 is 17.9 Å². The van der Waals surface area contributed by atoms with Crippen molar-refractivity contribution in [2.45, 2.75) is 18.7 Å². The fourth-order valence-corrected chi connectivity index (χ4v) is 5.43. The minimum Gasteiger partial charge on any atom is -0.495 e. The van der Waals surface area contributed by atoms with Gasteiger partial charge in [-0.1, -0.05) is 18.2 Å². The molecule has 4 rings (SSSR count). The van der Waals surface area contributed by atoms with Gasteiger partial charge in [-0.3, -0.25) is 4.79 Å². The predicted octanol–water partition coefficient (Wildman–Crippen LogP) is 4.08. The zero-order valence-electron chi connectivity index (χ0n) is 19.6. The minimum atomic E-state index is -3.63. The molecule has 0 saturated carbocycles. The molecule has 1 saturated heterocycles. The van der Waals surface area contributed by atoms with Crippen molar-refractivity contribution >= 4 is 27.3 Å². The molecule has 0 unspecified atom stereocenters. The van der Waals surface area contributed by atoms with Crippen LogP contribution >= 0.6 is 0 Å². The van der Waals surface area contributed by atoms with E-state index in [2.05, 4.69) is 10.2 Å². The van der Waals surface area contributed by atoms with Crippen molar-refractivity contribution in [3.8, 4) is 5.75 Å². The molecule has 3 aromatic rings. The number of sulfonamides is 1. The van der Waals surface area contributed by atoms with Gasteiger partial charge < -0.3 is 15.0 Å². The van der Waals surface area contributed by atoms with Crippen molar-refractivity contribution in [3.05, 3.63) is 83.4 Å². The van der Waals surface area contributed by atoms with Crippen LogP contribution in [0.5, 0.6) is 5.75 Å². The van der Waals surface area contributed by atoms with E-state index in [1.165, 1.54) is 16.4 Å². The SMILES string of the molecule is COc1ccccc1N1CCN(S(=O)(=O)c2ccc(NC(=O)c3ccc(C)c(C)c3)cc2)CC1. The molecule has 178 valence electrons. The number of ether oxygens (including phenoxy) is 1. The fraction of sp³-hybridized carbons (Fsp3) is 0.269. The van der Waals surface area contributed by atoms with E-state index >= 15 is 0 Å². The average Bonchev–Trinajstić information content (AvgIpc) is 2.86. The van der Waals surface area contributed by atoms with Gasteiger partial charge in [-0.15, -0.1) is 0 Å². The maximum atomic E-state index is 13.2. The van der Waals surface area contributed by atoms with Crippen LogP contribution in [0.25, 0.3) is 0 Å². The van der Waals surface area contributed by atoms with Crippen molar-refractivity contribution in [1.29, 1.82) is 0 Å². The van der Waals surface area contributed by atoms with E-state index in [1.807, 2.05) is 50.2 Å². The lowest BCUT2D eigenvalue weighted by atomic mass is 10.1. The molecule has 0 aromatic heterocycles. The molecule has 1 heterocycles. The summed E-state index contributed by atoms with van der Waals surface area (Å²) in [6.07, 6.45) is 0. The summed E-state index contributed by atoms with van der Waals surface area (Å²) in [5.74, 6) is 0.545. The van der Waals surface area contributed by atoms with Gasteiger partial charge >= 0.3 is 0 Å². The highest BCUT2D eigenvalue weighted by molar-refractivity contribution is 7.89. The van der Waals surface area contributed by atoms with Crippen molar-refractivity contribution in [1.82, 2.24) is 4.31 Å². The Morgan fingerprint density at radius 3 is 2.21 bits per heavy atom. The molecule has 1 amide bonds. The number of hydrogen-bond acceptors (Lipinski definition) is 5. The number of benzene rings is 3. The van der Waals surface area contributed by atoms with Crippen LogP contribution in [0.2, 0.25) is 0 Å². The number of piperazine rings is 1. The summed E-state index contributed by atoms with van der Waals surface area (Å²) in [4.78, 5) is 14.9. The lowest BCUT2D eigenvalue weighted by molar-refractivity contribution is 0.102. The zero-order valence-corrected chi connectivity index (χ0v) is 20.4. The van der Waals surface area contributed by atoms with Gasteiger partial charge in [-0.05, 0) is 73.5 Å². The zero-order chi connectivity index (χ0) is 24.3. The van der Waals surface area contributed by atoms with Crippen LogP contribution in [0, 0.1) is 13.8 Å². The molecule has 1 aliphatic heterocycles. The van der Waals surface area contributed by atoms with E-state index < -0.39 is 10.0 Å². The first-order chi connectivity index (χ1) is 16.3. The molecule has 3 aromatic carbocycles. The molecule has 1 fully saturated rings. The van der Waals surface area contributed by atoms with E-state index in [0.717, 1.165) is 22.6 Å². The number of carbonyl (C=O) groups is 1. The van der Waals surface area contributed by atoms with E-state index in [1.54, 1.807) is 25.3 Å². The van der Waals surface area contributed by atoms with Gasteiger partial charge in [0.2, 0.25) is 10.0 Å². The number of nitrogens with one attached hydrogen (secondary N) is 1. The van der Waals surface area contributed by atoms with E-state index in [-0.39, 0.29) is 10.8 Å². The molecule has 0 radical (unpaired) electrons. The first-order valence-corrected chi connectivity index (χ1v) is 12.6. The molecule has 0 spiro atoms. The highest BCUT2D eigenvalue weighted by Gasteiger charge is 2.29. The Morgan fingerprint density at radius 1 is 0.882 bits per heavy atom. The van der Waals surface area contributed by atoms with Crippen LogP contribution < -0.4 is 15.0 Å². The molecule has 1 aliphatic rings. The molecular formula is C26H29N3O4S. The summed E-state index contributed by atoms with van der Waals surface area (Å²) in [7, 11) is -2.00. The first-order valence-electron chi connectivity index (χ1n) is 11.2. The molecular weight excluding hydrogens is 450 g/mol. The third-order valence-corrected chi connectivity index (χ3v) is 8.10. The second-order valence-electron chi connectivity index (χ2n) is 8.34. The minimum absolute atomic E-state index is 0.211. The summed E-state index contributed by atoms with van der Waals surface area (Å²) in [6, 6.07) is 19.6. The van der Waals surface area contributed by atoms with Crippen molar-refractivity contribution in [2.75, 3.05) is 43.5 Å². The maximum Gasteiger partial charge on any atom is 0.255 e. The number of para-hydroxylation sites is 2. The molecule has 0 atom stereocenters. The second-order valence-corrected chi connectivity index (χ2v) is 10.3. The Morgan fingerprint density at radius 2 is 1.56 bits per heavy atom. The Hall–Kier alpha value is -3.36. The predicted molar refractivity (Wildman–Crippen MR) is 134 cm³/mol. The number of anilines is 2. The first kappa shape index (κ1) is 23.8. The largest absolute Gasteiger partial charge is 0.495 e.